The van der Waals surface area contributed by atoms with Crippen molar-refractivity contribution in [3.8, 4) is 11.5 Å². The maximum atomic E-state index is 13.3. The summed E-state index contributed by atoms with van der Waals surface area (Å²) in [6.45, 7) is 0.211. The van der Waals surface area contributed by atoms with Crippen molar-refractivity contribution in [1.82, 2.24) is 9.13 Å². The number of fused-ring (bicyclic) bond motifs is 1. The molecule has 0 saturated carbocycles. The van der Waals surface area contributed by atoms with E-state index in [0.717, 1.165) is 15.8 Å². The van der Waals surface area contributed by atoms with Gasteiger partial charge in [0.05, 0.1) is 12.7 Å². The highest BCUT2D eigenvalue weighted by Gasteiger charge is 2.39. The fourth-order valence-electron chi connectivity index (χ4n) is 4.96. The van der Waals surface area contributed by atoms with Crippen molar-refractivity contribution in [2.24, 2.45) is 14.1 Å². The number of anilines is 1. The smallest absolute Gasteiger partial charge is 0.332 e. The van der Waals surface area contributed by atoms with Gasteiger partial charge in [-0.25, -0.2) is 9.18 Å². The number of aromatic nitrogens is 2. The molecule has 1 aromatic heterocycles. The molecule has 0 saturated heterocycles. The highest BCUT2D eigenvalue weighted by molar-refractivity contribution is 6.01. The van der Waals surface area contributed by atoms with Crippen molar-refractivity contribution in [3.63, 3.8) is 0 Å². The van der Waals surface area contributed by atoms with Crippen LogP contribution in [0.1, 0.15) is 41.9 Å². The number of ketones is 1. The summed E-state index contributed by atoms with van der Waals surface area (Å²) < 4.78 is 27.2. The fraction of sp³-hybridized carbons (Fsp3) is 0.296. The van der Waals surface area contributed by atoms with Gasteiger partial charge < -0.3 is 14.8 Å². The fourth-order valence-corrected chi connectivity index (χ4v) is 4.96. The molecule has 0 bridgehead atoms. The van der Waals surface area contributed by atoms with Crippen LogP contribution in [-0.4, -0.2) is 22.0 Å². The number of benzene rings is 2. The molecule has 1 atom stereocenters. The predicted octanol–water partition coefficient (Wildman–Crippen LogP) is 3.38. The summed E-state index contributed by atoms with van der Waals surface area (Å²) >= 11 is 0. The molecule has 0 fully saturated rings. The van der Waals surface area contributed by atoms with Crippen LogP contribution in [-0.2, 0) is 25.5 Å². The average molecular weight is 492 g/mol. The second-order valence-electron chi connectivity index (χ2n) is 9.02. The Hall–Kier alpha value is -4.14. The Morgan fingerprint density at radius 2 is 1.75 bits per heavy atom. The van der Waals surface area contributed by atoms with Crippen molar-refractivity contribution < 1.29 is 18.7 Å². The van der Waals surface area contributed by atoms with E-state index in [1.165, 1.54) is 30.9 Å². The van der Waals surface area contributed by atoms with Crippen LogP contribution in [0.3, 0.4) is 0 Å². The van der Waals surface area contributed by atoms with Crippen LogP contribution in [0.4, 0.5) is 10.2 Å². The number of allylic oxidation sites excluding steroid dienone is 2. The number of ether oxygens (including phenoxy) is 2. The minimum absolute atomic E-state index is 0.0223. The molecule has 5 rings (SSSR count). The lowest BCUT2D eigenvalue weighted by molar-refractivity contribution is -0.116. The lowest BCUT2D eigenvalue weighted by atomic mass is 9.76. The van der Waals surface area contributed by atoms with Crippen LogP contribution in [0.25, 0.3) is 0 Å². The summed E-state index contributed by atoms with van der Waals surface area (Å²) in [5.41, 5.74) is 2.21. The third-order valence-corrected chi connectivity index (χ3v) is 6.83. The summed E-state index contributed by atoms with van der Waals surface area (Å²) in [6, 6.07) is 11.3. The number of halogens is 1. The number of nitrogens with one attached hydrogen (secondary N) is 1. The van der Waals surface area contributed by atoms with Gasteiger partial charge in [0, 0.05) is 37.7 Å². The van der Waals surface area contributed by atoms with Crippen LogP contribution < -0.4 is 26.0 Å². The van der Waals surface area contributed by atoms with Gasteiger partial charge in [-0.3, -0.25) is 18.7 Å². The average Bonchev–Trinajstić information content (AvgIpc) is 2.89. The Balaban J connectivity index is 1.61. The van der Waals surface area contributed by atoms with Crippen LogP contribution >= 0.6 is 0 Å². The first-order chi connectivity index (χ1) is 17.3. The van der Waals surface area contributed by atoms with Crippen molar-refractivity contribution >= 4 is 11.6 Å². The highest BCUT2D eigenvalue weighted by Crippen LogP contribution is 2.45. The number of methoxy groups -OCH3 is 1. The van der Waals surface area contributed by atoms with E-state index in [1.807, 2.05) is 0 Å². The first-order valence-electron chi connectivity index (χ1n) is 11.7. The number of hydrogen-bond donors (Lipinski definition) is 1. The van der Waals surface area contributed by atoms with E-state index in [-0.39, 0.29) is 18.2 Å². The Morgan fingerprint density at radius 3 is 2.47 bits per heavy atom. The van der Waals surface area contributed by atoms with Crippen LogP contribution in [0.2, 0.25) is 0 Å². The Bertz CT molecular complexity index is 1520. The Morgan fingerprint density at radius 1 is 1.00 bits per heavy atom. The van der Waals surface area contributed by atoms with Gasteiger partial charge in [-0.15, -0.1) is 0 Å². The minimum Gasteiger partial charge on any atom is -0.493 e. The summed E-state index contributed by atoms with van der Waals surface area (Å²) in [6.07, 6.45) is 1.75. The van der Waals surface area contributed by atoms with Crippen LogP contribution in [0, 0.1) is 5.82 Å². The Labute approximate surface area is 206 Å². The molecule has 1 N–H and O–H groups in total. The quantitative estimate of drug-likeness (QED) is 0.589. The molecular formula is C27H26FN3O5. The molecule has 36 heavy (non-hydrogen) atoms. The topological polar surface area (TPSA) is 91.6 Å². The molecule has 0 amide bonds. The minimum atomic E-state index is -0.658. The second-order valence-corrected chi connectivity index (χ2v) is 9.02. The number of carbonyl (C=O) groups excluding carboxylic acids is 1. The molecule has 0 radical (unpaired) electrons. The van der Waals surface area contributed by atoms with Crippen LogP contribution in [0.15, 0.2) is 63.3 Å². The molecule has 8 nitrogen and oxygen atoms in total. The summed E-state index contributed by atoms with van der Waals surface area (Å²) in [4.78, 5) is 39.1. The normalized spacial score (nSPS) is 16.8. The highest BCUT2D eigenvalue weighted by atomic mass is 19.1. The molecule has 2 aromatic carbocycles. The third-order valence-electron chi connectivity index (χ3n) is 6.83. The molecule has 0 unspecified atom stereocenters. The molecule has 0 spiro atoms. The van der Waals surface area contributed by atoms with Gasteiger partial charge in [0.2, 0.25) is 0 Å². The molecular weight excluding hydrogens is 465 g/mol. The van der Waals surface area contributed by atoms with E-state index in [0.29, 0.717) is 53.3 Å². The van der Waals surface area contributed by atoms with Gasteiger partial charge in [-0.1, -0.05) is 18.2 Å². The van der Waals surface area contributed by atoms with Crippen molar-refractivity contribution in [2.45, 2.75) is 31.8 Å². The van der Waals surface area contributed by atoms with Gasteiger partial charge in [0.15, 0.2) is 17.3 Å². The monoisotopic (exact) mass is 491 g/mol. The van der Waals surface area contributed by atoms with E-state index < -0.39 is 17.2 Å². The Kier molecular flexibility index (Phi) is 5.99. The van der Waals surface area contributed by atoms with Crippen molar-refractivity contribution in [2.75, 3.05) is 12.4 Å². The molecule has 9 heteroatoms. The first kappa shape index (κ1) is 23.6. The number of rotatable bonds is 5. The zero-order valence-corrected chi connectivity index (χ0v) is 20.3. The first-order valence-corrected chi connectivity index (χ1v) is 11.7. The zero-order valence-electron chi connectivity index (χ0n) is 20.3. The number of nitrogens with zero attached hydrogens (tertiary/aromatic N) is 2. The standard InChI is InChI=1S/C27H26FN3O5/c1-30-25-24(26(33)31(2)27(30)34)22(23-18(29-25)5-4-6-19(23)32)16-9-12-20(21(13-16)35-3)36-14-15-7-10-17(28)11-8-15/h7-13,22,29H,4-6,14H2,1-3H3/t22-/m0/s1. The third kappa shape index (κ3) is 3.90. The largest absolute Gasteiger partial charge is 0.493 e. The molecule has 1 aliphatic carbocycles. The SMILES string of the molecule is COc1cc([C@H]2C3=C(CCCC3=O)Nc3c2c(=O)n(C)c(=O)n3C)ccc1OCc1ccc(F)cc1. The van der Waals surface area contributed by atoms with Crippen molar-refractivity contribution in [1.29, 1.82) is 0 Å². The van der Waals surface area contributed by atoms with Gasteiger partial charge in [-0.05, 0) is 48.2 Å². The summed E-state index contributed by atoms with van der Waals surface area (Å²) in [5.74, 6) is 0.300. The van der Waals surface area contributed by atoms with E-state index in [4.69, 9.17) is 9.47 Å². The number of carbonyl (C=O) groups is 1. The van der Waals surface area contributed by atoms with E-state index in [9.17, 15) is 18.8 Å². The van der Waals surface area contributed by atoms with E-state index in [2.05, 4.69) is 5.32 Å². The summed E-state index contributed by atoms with van der Waals surface area (Å²) in [7, 11) is 4.55. The van der Waals surface area contributed by atoms with E-state index >= 15 is 0 Å². The van der Waals surface area contributed by atoms with Crippen LogP contribution in [0.5, 0.6) is 11.5 Å². The molecule has 2 aliphatic rings. The molecule has 1 aliphatic heterocycles. The molecule has 186 valence electrons. The van der Waals surface area contributed by atoms with Gasteiger partial charge in [-0.2, -0.15) is 0 Å². The molecule has 2 heterocycles. The lowest BCUT2D eigenvalue weighted by Gasteiger charge is -2.34. The molecule has 3 aromatic rings. The maximum Gasteiger partial charge on any atom is 0.332 e. The van der Waals surface area contributed by atoms with Crippen molar-refractivity contribution in [3.05, 3.63) is 97.1 Å². The zero-order chi connectivity index (χ0) is 25.6. The van der Waals surface area contributed by atoms with E-state index in [1.54, 1.807) is 37.4 Å². The second kappa shape index (κ2) is 9.14. The lowest BCUT2D eigenvalue weighted by Crippen LogP contribution is -2.44. The van der Waals surface area contributed by atoms with Gasteiger partial charge >= 0.3 is 5.69 Å². The predicted molar refractivity (Wildman–Crippen MR) is 132 cm³/mol. The number of hydrogen-bond acceptors (Lipinski definition) is 6. The van der Waals surface area contributed by atoms with Gasteiger partial charge in [0.1, 0.15) is 18.2 Å². The maximum absolute atomic E-state index is 13.3. The number of Topliss-reactive ketones (excluding diaryl/α,β-unsaturated/α-hetero) is 1. The summed E-state index contributed by atoms with van der Waals surface area (Å²) in [5, 5.41) is 3.21. The van der Waals surface area contributed by atoms with Gasteiger partial charge in [0.25, 0.3) is 5.56 Å².